The second kappa shape index (κ2) is 9.23. The van der Waals surface area contributed by atoms with Crippen molar-refractivity contribution in [3.63, 3.8) is 0 Å². The van der Waals surface area contributed by atoms with E-state index in [0.717, 1.165) is 54.1 Å². The van der Waals surface area contributed by atoms with Gasteiger partial charge in [-0.25, -0.2) is 8.42 Å². The number of ether oxygens (including phenoxy) is 2. The van der Waals surface area contributed by atoms with E-state index in [1.54, 1.807) is 24.0 Å². The summed E-state index contributed by atoms with van der Waals surface area (Å²) >= 11 is 0. The molecule has 2 aliphatic heterocycles. The van der Waals surface area contributed by atoms with Gasteiger partial charge in [0.05, 0.1) is 11.9 Å². The summed E-state index contributed by atoms with van der Waals surface area (Å²) in [6.45, 7) is 9.06. The molecule has 1 fully saturated rings. The fourth-order valence-electron chi connectivity index (χ4n) is 4.57. The first-order chi connectivity index (χ1) is 15.6. The number of rotatable bonds is 6. The number of sulfonamides is 1. The van der Waals surface area contributed by atoms with Crippen LogP contribution in [0.15, 0.2) is 36.4 Å². The first kappa shape index (κ1) is 23.4. The molecule has 0 radical (unpaired) electrons. The van der Waals surface area contributed by atoms with Crippen molar-refractivity contribution in [3.8, 4) is 11.5 Å². The van der Waals surface area contributed by atoms with Gasteiger partial charge in [-0.2, -0.15) is 0 Å². The molecule has 0 unspecified atom stereocenters. The molecule has 33 heavy (non-hydrogen) atoms. The zero-order valence-corrected chi connectivity index (χ0v) is 20.4. The van der Waals surface area contributed by atoms with Crippen LogP contribution in [-0.4, -0.2) is 69.4 Å². The molecule has 1 atom stereocenters. The predicted molar refractivity (Wildman–Crippen MR) is 127 cm³/mol. The van der Waals surface area contributed by atoms with Crippen molar-refractivity contribution in [1.82, 2.24) is 9.80 Å². The zero-order valence-electron chi connectivity index (χ0n) is 19.6. The molecule has 0 bridgehead atoms. The Kier molecular flexibility index (Phi) is 6.54. The lowest BCUT2D eigenvalue weighted by atomic mass is 10.1. The Morgan fingerprint density at radius 3 is 2.27 bits per heavy atom. The van der Waals surface area contributed by atoms with Crippen LogP contribution in [-0.2, 0) is 21.4 Å². The summed E-state index contributed by atoms with van der Waals surface area (Å²) in [4.78, 5) is 17.3. The van der Waals surface area contributed by atoms with E-state index in [1.807, 2.05) is 38.1 Å². The molecule has 1 amide bonds. The number of fused-ring (bicyclic) bond motifs is 1. The molecule has 0 N–H and O–H groups in total. The molecular formula is C24H31N3O5S. The molecule has 2 aromatic carbocycles. The first-order valence-electron chi connectivity index (χ1n) is 11.1. The average Bonchev–Trinajstić information content (AvgIpc) is 3.20. The van der Waals surface area contributed by atoms with Crippen LogP contribution >= 0.6 is 0 Å². The van der Waals surface area contributed by atoms with Crippen LogP contribution in [0.2, 0.25) is 0 Å². The molecule has 9 heteroatoms. The SMILES string of the molecule is Cc1cc(C)cc(N([C@H](C)C(=O)N2CCN(Cc3ccc4c(c3)OCO4)CC2)S(C)(=O)=O)c1. The summed E-state index contributed by atoms with van der Waals surface area (Å²) in [5, 5.41) is 0. The van der Waals surface area contributed by atoms with Crippen molar-refractivity contribution in [2.24, 2.45) is 0 Å². The zero-order chi connectivity index (χ0) is 23.8. The van der Waals surface area contributed by atoms with Crippen molar-refractivity contribution in [2.45, 2.75) is 33.4 Å². The highest BCUT2D eigenvalue weighted by Crippen LogP contribution is 2.33. The number of benzene rings is 2. The Morgan fingerprint density at radius 2 is 1.64 bits per heavy atom. The van der Waals surface area contributed by atoms with E-state index in [0.29, 0.717) is 18.8 Å². The molecule has 8 nitrogen and oxygen atoms in total. The van der Waals surface area contributed by atoms with Gasteiger partial charge in [0.15, 0.2) is 11.5 Å². The number of aryl methyl sites for hydroxylation is 2. The lowest BCUT2D eigenvalue weighted by Crippen LogP contribution is -2.55. The number of amides is 1. The van der Waals surface area contributed by atoms with Gasteiger partial charge in [-0.1, -0.05) is 12.1 Å². The highest BCUT2D eigenvalue weighted by Gasteiger charge is 2.33. The summed E-state index contributed by atoms with van der Waals surface area (Å²) in [5.41, 5.74) is 3.56. The van der Waals surface area contributed by atoms with Crippen molar-refractivity contribution in [2.75, 3.05) is 43.5 Å². The van der Waals surface area contributed by atoms with Crippen LogP contribution in [0.25, 0.3) is 0 Å². The third kappa shape index (κ3) is 5.25. The molecule has 2 aliphatic rings. The lowest BCUT2D eigenvalue weighted by Gasteiger charge is -2.38. The molecule has 0 spiro atoms. The smallest absolute Gasteiger partial charge is 0.246 e. The van der Waals surface area contributed by atoms with Gasteiger partial charge in [0.2, 0.25) is 22.7 Å². The van der Waals surface area contributed by atoms with Crippen molar-refractivity contribution in [1.29, 1.82) is 0 Å². The summed E-state index contributed by atoms with van der Waals surface area (Å²) in [7, 11) is -3.64. The van der Waals surface area contributed by atoms with Crippen LogP contribution in [0.1, 0.15) is 23.6 Å². The summed E-state index contributed by atoms with van der Waals surface area (Å²) < 4.78 is 37.4. The van der Waals surface area contributed by atoms with Gasteiger partial charge in [0.25, 0.3) is 0 Å². The number of carbonyl (C=O) groups is 1. The molecule has 0 aromatic heterocycles. The van der Waals surface area contributed by atoms with Crippen LogP contribution in [0.4, 0.5) is 5.69 Å². The molecule has 2 heterocycles. The monoisotopic (exact) mass is 473 g/mol. The van der Waals surface area contributed by atoms with Crippen LogP contribution in [0, 0.1) is 13.8 Å². The fourth-order valence-corrected chi connectivity index (χ4v) is 5.72. The molecular weight excluding hydrogens is 442 g/mol. The highest BCUT2D eigenvalue weighted by molar-refractivity contribution is 7.92. The second-order valence-electron chi connectivity index (χ2n) is 8.87. The molecule has 0 saturated carbocycles. The molecule has 2 aromatic rings. The fraction of sp³-hybridized carbons (Fsp3) is 0.458. The Hall–Kier alpha value is -2.78. The normalized spacial score (nSPS) is 17.2. The average molecular weight is 474 g/mol. The molecule has 0 aliphatic carbocycles. The van der Waals surface area contributed by atoms with Gasteiger partial charge in [-0.15, -0.1) is 0 Å². The topological polar surface area (TPSA) is 79.4 Å². The van der Waals surface area contributed by atoms with E-state index in [9.17, 15) is 13.2 Å². The third-order valence-corrected chi connectivity index (χ3v) is 7.30. The summed E-state index contributed by atoms with van der Waals surface area (Å²) in [6.07, 6.45) is 1.15. The number of piperazine rings is 1. The molecule has 1 saturated heterocycles. The maximum atomic E-state index is 13.3. The quantitative estimate of drug-likeness (QED) is 0.642. The van der Waals surface area contributed by atoms with Gasteiger partial charge in [0.1, 0.15) is 6.04 Å². The Balaban J connectivity index is 1.41. The third-order valence-electron chi connectivity index (χ3n) is 6.05. The van der Waals surface area contributed by atoms with Gasteiger partial charge in [0, 0.05) is 32.7 Å². The summed E-state index contributed by atoms with van der Waals surface area (Å²) in [5.74, 6) is 1.35. The van der Waals surface area contributed by atoms with Crippen LogP contribution < -0.4 is 13.8 Å². The standard InChI is InChI=1S/C24H31N3O5S/c1-17-11-18(2)13-21(12-17)27(33(4,29)30)19(3)24(28)26-9-7-25(8-10-26)15-20-5-6-22-23(14-20)32-16-31-22/h5-6,11-14,19H,7-10,15-16H2,1-4H3/t19-/m1/s1. The molecule has 4 rings (SSSR count). The van der Waals surface area contributed by atoms with Crippen LogP contribution in [0.3, 0.4) is 0 Å². The number of hydrogen-bond donors (Lipinski definition) is 0. The molecule has 178 valence electrons. The van der Waals surface area contributed by atoms with Gasteiger partial charge in [-0.05, 0) is 61.7 Å². The number of hydrogen-bond acceptors (Lipinski definition) is 6. The first-order valence-corrected chi connectivity index (χ1v) is 12.9. The van der Waals surface area contributed by atoms with Gasteiger partial charge >= 0.3 is 0 Å². The minimum Gasteiger partial charge on any atom is -0.454 e. The maximum Gasteiger partial charge on any atom is 0.246 e. The van der Waals surface area contributed by atoms with E-state index >= 15 is 0 Å². The van der Waals surface area contributed by atoms with Gasteiger partial charge in [-0.3, -0.25) is 14.0 Å². The van der Waals surface area contributed by atoms with Crippen molar-refractivity contribution < 1.29 is 22.7 Å². The number of anilines is 1. The Labute approximate surface area is 195 Å². The largest absolute Gasteiger partial charge is 0.454 e. The Morgan fingerprint density at radius 1 is 1.00 bits per heavy atom. The van der Waals surface area contributed by atoms with E-state index in [2.05, 4.69) is 4.90 Å². The van der Waals surface area contributed by atoms with Crippen molar-refractivity contribution in [3.05, 3.63) is 53.1 Å². The minimum atomic E-state index is -3.64. The van der Waals surface area contributed by atoms with Gasteiger partial charge < -0.3 is 14.4 Å². The maximum absolute atomic E-state index is 13.3. The second-order valence-corrected chi connectivity index (χ2v) is 10.7. The van der Waals surface area contributed by atoms with Crippen molar-refractivity contribution >= 4 is 21.6 Å². The van der Waals surface area contributed by atoms with E-state index in [-0.39, 0.29) is 12.7 Å². The number of nitrogens with zero attached hydrogens (tertiary/aromatic N) is 3. The van der Waals surface area contributed by atoms with E-state index in [4.69, 9.17) is 9.47 Å². The van der Waals surface area contributed by atoms with E-state index in [1.165, 1.54) is 4.31 Å². The summed E-state index contributed by atoms with van der Waals surface area (Å²) in [6, 6.07) is 10.7. The highest BCUT2D eigenvalue weighted by atomic mass is 32.2. The van der Waals surface area contributed by atoms with E-state index < -0.39 is 16.1 Å². The minimum absolute atomic E-state index is 0.178. The Bertz CT molecular complexity index is 1120. The predicted octanol–water partition coefficient (Wildman–Crippen LogP) is 2.53. The van der Waals surface area contributed by atoms with Crippen LogP contribution in [0.5, 0.6) is 11.5 Å². The lowest BCUT2D eigenvalue weighted by molar-refractivity contribution is -0.133. The number of carbonyl (C=O) groups excluding carboxylic acids is 1.